The van der Waals surface area contributed by atoms with Crippen LogP contribution >= 0.6 is 11.6 Å². The summed E-state index contributed by atoms with van der Waals surface area (Å²) >= 11 is 6.40. The van der Waals surface area contributed by atoms with E-state index in [1.54, 1.807) is 0 Å². The Bertz CT molecular complexity index is 616. The van der Waals surface area contributed by atoms with Crippen molar-refractivity contribution in [3.8, 4) is 5.69 Å². The number of hydrogen-bond acceptors (Lipinski definition) is 2. The molecule has 1 N–H and O–H groups in total. The highest BCUT2D eigenvalue weighted by Gasteiger charge is 2.13. The lowest BCUT2D eigenvalue weighted by Gasteiger charge is -2.14. The van der Waals surface area contributed by atoms with Gasteiger partial charge in [-0.15, -0.1) is 0 Å². The summed E-state index contributed by atoms with van der Waals surface area (Å²) in [5, 5.41) is 8.61. The lowest BCUT2D eigenvalue weighted by molar-refractivity contribution is 0.652. The van der Waals surface area contributed by atoms with Gasteiger partial charge in [0, 0.05) is 16.8 Å². The number of nitrogens with one attached hydrogen (secondary N) is 1. The topological polar surface area (TPSA) is 29.9 Å². The normalized spacial score (nSPS) is 12.7. The first kappa shape index (κ1) is 15.1. The molecule has 1 atom stereocenters. The molecule has 1 unspecified atom stereocenters. The molecule has 3 nitrogen and oxygen atoms in total. The van der Waals surface area contributed by atoms with Crippen molar-refractivity contribution in [1.82, 2.24) is 15.1 Å². The zero-order chi connectivity index (χ0) is 14.9. The van der Waals surface area contributed by atoms with Crippen molar-refractivity contribution in [2.24, 2.45) is 0 Å². The van der Waals surface area contributed by atoms with Crippen LogP contribution in [0.25, 0.3) is 5.69 Å². The smallest absolute Gasteiger partial charge is 0.0663 e. The summed E-state index contributed by atoms with van der Waals surface area (Å²) in [6.07, 6.45) is 1.00. The van der Waals surface area contributed by atoms with E-state index in [-0.39, 0.29) is 6.04 Å². The third-order valence-corrected chi connectivity index (χ3v) is 4.25. The largest absolute Gasteiger partial charge is 0.313 e. The van der Waals surface area contributed by atoms with E-state index in [1.165, 1.54) is 11.3 Å². The minimum atomic E-state index is 0.239. The standard InChI is InChI=1S/C16H22ClN3/c1-6-14-11(3)19-20(12(14)4)13-7-8-15(10(2)18-5)16(17)9-13/h7-10,18H,6H2,1-5H3. The van der Waals surface area contributed by atoms with Gasteiger partial charge in [-0.05, 0) is 57.5 Å². The number of aromatic nitrogens is 2. The lowest BCUT2D eigenvalue weighted by Crippen LogP contribution is -2.13. The van der Waals surface area contributed by atoms with Gasteiger partial charge in [-0.25, -0.2) is 4.68 Å². The maximum Gasteiger partial charge on any atom is 0.0663 e. The summed E-state index contributed by atoms with van der Waals surface area (Å²) in [7, 11) is 1.93. The second kappa shape index (κ2) is 5.98. The van der Waals surface area contributed by atoms with Crippen LogP contribution in [0.4, 0.5) is 0 Å². The first-order valence-electron chi connectivity index (χ1n) is 7.01. The van der Waals surface area contributed by atoms with Gasteiger partial charge < -0.3 is 5.32 Å². The molecule has 0 fully saturated rings. The third-order valence-electron chi connectivity index (χ3n) is 3.92. The molecule has 108 valence electrons. The van der Waals surface area contributed by atoms with Crippen molar-refractivity contribution in [2.45, 2.75) is 40.2 Å². The monoisotopic (exact) mass is 291 g/mol. The van der Waals surface area contributed by atoms with Crippen LogP contribution in [0.5, 0.6) is 0 Å². The molecule has 1 aromatic carbocycles. The number of hydrogen-bond donors (Lipinski definition) is 1. The van der Waals surface area contributed by atoms with Crippen molar-refractivity contribution >= 4 is 11.6 Å². The zero-order valence-corrected chi connectivity index (χ0v) is 13.5. The quantitative estimate of drug-likeness (QED) is 0.923. The van der Waals surface area contributed by atoms with Crippen molar-refractivity contribution in [2.75, 3.05) is 7.05 Å². The SMILES string of the molecule is CCc1c(C)nn(-c2ccc(C(C)NC)c(Cl)c2)c1C. The summed E-state index contributed by atoms with van der Waals surface area (Å²) in [5.74, 6) is 0. The van der Waals surface area contributed by atoms with Crippen molar-refractivity contribution in [3.05, 3.63) is 45.7 Å². The number of halogens is 1. The predicted molar refractivity (Wildman–Crippen MR) is 84.9 cm³/mol. The van der Waals surface area contributed by atoms with Gasteiger partial charge in [0.1, 0.15) is 0 Å². The Morgan fingerprint density at radius 3 is 2.55 bits per heavy atom. The summed E-state index contributed by atoms with van der Waals surface area (Å²) < 4.78 is 1.98. The van der Waals surface area contributed by atoms with E-state index in [0.717, 1.165) is 28.4 Å². The molecule has 0 aliphatic heterocycles. The molecule has 0 bridgehead atoms. The molecule has 0 aliphatic carbocycles. The van der Waals surface area contributed by atoms with Gasteiger partial charge in [0.05, 0.1) is 11.4 Å². The molecular weight excluding hydrogens is 270 g/mol. The predicted octanol–water partition coefficient (Wildman–Crippen LogP) is 3.99. The van der Waals surface area contributed by atoms with Crippen LogP contribution in [-0.4, -0.2) is 16.8 Å². The maximum absolute atomic E-state index is 6.40. The van der Waals surface area contributed by atoms with Crippen molar-refractivity contribution < 1.29 is 0 Å². The average Bonchev–Trinajstić information content (AvgIpc) is 2.72. The Kier molecular flexibility index (Phi) is 4.51. The third kappa shape index (κ3) is 2.60. The van der Waals surface area contributed by atoms with Crippen LogP contribution in [0.15, 0.2) is 18.2 Å². The molecule has 0 amide bonds. The van der Waals surface area contributed by atoms with Crippen LogP contribution in [0.2, 0.25) is 5.02 Å². The lowest BCUT2D eigenvalue weighted by atomic mass is 10.1. The van der Waals surface area contributed by atoms with Crippen LogP contribution < -0.4 is 5.32 Å². The highest BCUT2D eigenvalue weighted by Crippen LogP contribution is 2.27. The molecule has 2 aromatic rings. The van der Waals surface area contributed by atoms with E-state index in [0.29, 0.717) is 0 Å². The van der Waals surface area contributed by atoms with Gasteiger partial charge in [0.25, 0.3) is 0 Å². The van der Waals surface area contributed by atoms with Gasteiger partial charge in [0.15, 0.2) is 0 Å². The van der Waals surface area contributed by atoms with E-state index >= 15 is 0 Å². The molecule has 0 saturated heterocycles. The fraction of sp³-hybridized carbons (Fsp3) is 0.438. The second-order valence-corrected chi connectivity index (χ2v) is 5.54. The minimum Gasteiger partial charge on any atom is -0.313 e. The van der Waals surface area contributed by atoms with Gasteiger partial charge in [0.2, 0.25) is 0 Å². The Balaban J connectivity index is 2.47. The fourth-order valence-electron chi connectivity index (χ4n) is 2.59. The second-order valence-electron chi connectivity index (χ2n) is 5.13. The molecular formula is C16H22ClN3. The molecule has 0 spiro atoms. The van der Waals surface area contributed by atoms with Crippen molar-refractivity contribution in [1.29, 1.82) is 0 Å². The summed E-state index contributed by atoms with van der Waals surface area (Å²) in [4.78, 5) is 0. The molecule has 20 heavy (non-hydrogen) atoms. The van der Waals surface area contributed by atoms with Crippen LogP contribution in [0.1, 0.15) is 42.4 Å². The van der Waals surface area contributed by atoms with Gasteiger partial charge in [-0.2, -0.15) is 5.10 Å². The molecule has 0 aliphatic rings. The van der Waals surface area contributed by atoms with Crippen LogP contribution in [0, 0.1) is 13.8 Å². The van der Waals surface area contributed by atoms with E-state index in [2.05, 4.69) is 50.2 Å². The zero-order valence-electron chi connectivity index (χ0n) is 12.8. The number of aryl methyl sites for hydroxylation is 1. The molecule has 0 saturated carbocycles. The van der Waals surface area contributed by atoms with Crippen molar-refractivity contribution in [3.63, 3.8) is 0 Å². The van der Waals surface area contributed by atoms with Crippen LogP contribution in [-0.2, 0) is 6.42 Å². The van der Waals surface area contributed by atoms with Gasteiger partial charge >= 0.3 is 0 Å². The Morgan fingerprint density at radius 1 is 1.35 bits per heavy atom. The first-order chi connectivity index (χ1) is 9.49. The van der Waals surface area contributed by atoms with Gasteiger partial charge in [-0.3, -0.25) is 0 Å². The molecule has 1 heterocycles. The van der Waals surface area contributed by atoms with Gasteiger partial charge in [-0.1, -0.05) is 24.6 Å². The maximum atomic E-state index is 6.40. The highest BCUT2D eigenvalue weighted by molar-refractivity contribution is 6.31. The highest BCUT2D eigenvalue weighted by atomic mass is 35.5. The summed E-state index contributed by atoms with van der Waals surface area (Å²) in [5.41, 5.74) is 5.72. The molecule has 4 heteroatoms. The fourth-order valence-corrected chi connectivity index (χ4v) is 2.93. The molecule has 1 aromatic heterocycles. The number of nitrogens with zero attached hydrogens (tertiary/aromatic N) is 2. The van der Waals surface area contributed by atoms with E-state index < -0.39 is 0 Å². The van der Waals surface area contributed by atoms with E-state index in [9.17, 15) is 0 Å². The average molecular weight is 292 g/mol. The van der Waals surface area contributed by atoms with E-state index in [4.69, 9.17) is 11.6 Å². The Morgan fingerprint density at radius 2 is 2.05 bits per heavy atom. The number of rotatable bonds is 4. The minimum absolute atomic E-state index is 0.239. The Hall–Kier alpha value is -1.32. The summed E-state index contributed by atoms with van der Waals surface area (Å²) in [6.45, 7) is 8.42. The Labute approximate surface area is 126 Å². The molecule has 0 radical (unpaired) electrons. The number of benzene rings is 1. The summed E-state index contributed by atoms with van der Waals surface area (Å²) in [6, 6.07) is 6.38. The molecule has 2 rings (SSSR count). The first-order valence-corrected chi connectivity index (χ1v) is 7.39. The van der Waals surface area contributed by atoms with Crippen LogP contribution in [0.3, 0.4) is 0 Å². The van der Waals surface area contributed by atoms with E-state index in [1.807, 2.05) is 17.8 Å².